The number of benzene rings is 3. The molecule has 0 fully saturated rings. The van der Waals surface area contributed by atoms with Crippen LogP contribution in [0.3, 0.4) is 0 Å². The minimum absolute atomic E-state index is 0.294. The largest absolute Gasteiger partial charge is 0.478 e. The number of unbranched alkanes of at least 4 members (excludes halogenated alkanes) is 8. The predicted molar refractivity (Wildman–Crippen MR) is 130 cm³/mol. The molecule has 1 atom stereocenters. The maximum absolute atomic E-state index is 12.4. The fourth-order valence-corrected chi connectivity index (χ4v) is 4.19. The molecule has 166 valence electrons. The molecule has 1 unspecified atom stereocenters. The maximum atomic E-state index is 12.4. The molecular weight excluding hydrogens is 384 g/mol. The van der Waals surface area contributed by atoms with Crippen LogP contribution < -0.4 is 4.74 Å². The first-order chi connectivity index (χ1) is 15.2. The zero-order chi connectivity index (χ0) is 21.9. The van der Waals surface area contributed by atoms with Gasteiger partial charge in [-0.2, -0.15) is 0 Å². The Morgan fingerprint density at radius 1 is 0.774 bits per heavy atom. The van der Waals surface area contributed by atoms with Gasteiger partial charge in [-0.1, -0.05) is 94.7 Å². The van der Waals surface area contributed by atoms with Crippen LogP contribution in [-0.4, -0.2) is 19.2 Å². The summed E-state index contributed by atoms with van der Waals surface area (Å²) in [5, 5.41) is 4.51. The van der Waals surface area contributed by atoms with Crippen LogP contribution in [0.5, 0.6) is 5.75 Å². The highest BCUT2D eigenvalue weighted by molar-refractivity contribution is 6.01. The predicted octanol–water partition coefficient (Wildman–Crippen LogP) is 7.83. The van der Waals surface area contributed by atoms with Crippen LogP contribution in [0.1, 0.15) is 71.1 Å². The topological polar surface area (TPSA) is 35.5 Å². The molecule has 3 aromatic carbocycles. The first-order valence-electron chi connectivity index (χ1n) is 11.9. The lowest BCUT2D eigenvalue weighted by molar-refractivity contribution is -0.149. The van der Waals surface area contributed by atoms with Gasteiger partial charge in [0.2, 0.25) is 0 Å². The van der Waals surface area contributed by atoms with E-state index in [9.17, 15) is 4.79 Å². The molecule has 0 bridgehead atoms. The molecule has 0 aliphatic carbocycles. The van der Waals surface area contributed by atoms with Crippen molar-refractivity contribution in [2.24, 2.45) is 0 Å². The second kappa shape index (κ2) is 12.3. The quantitative estimate of drug-likeness (QED) is 0.160. The van der Waals surface area contributed by atoms with Crippen LogP contribution in [0, 0.1) is 0 Å². The molecule has 3 rings (SSSR count). The fraction of sp³-hybridized carbons (Fsp3) is 0.464. The molecule has 0 aliphatic heterocycles. The van der Waals surface area contributed by atoms with Gasteiger partial charge in [0, 0.05) is 5.39 Å². The zero-order valence-corrected chi connectivity index (χ0v) is 19.1. The van der Waals surface area contributed by atoms with Crippen LogP contribution in [-0.2, 0) is 9.53 Å². The summed E-state index contributed by atoms with van der Waals surface area (Å²) in [5.74, 6) is 0.451. The molecule has 3 nitrogen and oxygen atoms in total. The molecule has 0 radical (unpaired) electrons. The lowest BCUT2D eigenvalue weighted by atomic mass is 10.0. The number of esters is 1. The van der Waals surface area contributed by atoms with Crippen molar-refractivity contribution >= 4 is 27.5 Å². The summed E-state index contributed by atoms with van der Waals surface area (Å²) in [4.78, 5) is 12.4. The van der Waals surface area contributed by atoms with Crippen molar-refractivity contribution in [3.8, 4) is 5.75 Å². The van der Waals surface area contributed by atoms with Crippen molar-refractivity contribution in [3.05, 3.63) is 54.6 Å². The Hall–Kier alpha value is -2.55. The third-order valence-electron chi connectivity index (χ3n) is 6.01. The Kier molecular flexibility index (Phi) is 9.20. The number of methoxy groups -OCH3 is 1. The summed E-state index contributed by atoms with van der Waals surface area (Å²) in [6.45, 7) is 2.25. The van der Waals surface area contributed by atoms with Crippen molar-refractivity contribution in [1.29, 1.82) is 0 Å². The van der Waals surface area contributed by atoms with E-state index in [1.807, 2.05) is 24.3 Å². The van der Waals surface area contributed by atoms with E-state index in [1.54, 1.807) is 0 Å². The molecular formula is C28H36O3. The fourth-order valence-electron chi connectivity index (χ4n) is 4.19. The zero-order valence-electron chi connectivity index (χ0n) is 19.1. The lowest BCUT2D eigenvalue weighted by Crippen LogP contribution is -2.28. The van der Waals surface area contributed by atoms with Crippen LogP contribution in [0.25, 0.3) is 21.5 Å². The summed E-state index contributed by atoms with van der Waals surface area (Å²) in [6.07, 6.45) is 11.4. The summed E-state index contributed by atoms with van der Waals surface area (Å²) in [7, 11) is 1.44. The summed E-state index contributed by atoms with van der Waals surface area (Å²) >= 11 is 0. The van der Waals surface area contributed by atoms with Crippen LogP contribution >= 0.6 is 0 Å². The molecule has 0 saturated carbocycles. The molecule has 0 aromatic heterocycles. The highest BCUT2D eigenvalue weighted by Gasteiger charge is 2.21. The number of fused-ring (bicyclic) bond motifs is 2. The molecule has 0 spiro atoms. The Morgan fingerprint density at radius 3 is 2.06 bits per heavy atom. The van der Waals surface area contributed by atoms with Gasteiger partial charge < -0.3 is 9.47 Å². The Balaban J connectivity index is 1.60. The first kappa shape index (κ1) is 23.1. The van der Waals surface area contributed by atoms with Crippen molar-refractivity contribution in [2.45, 2.75) is 77.2 Å². The SMILES string of the molecule is CCCCCCCCCCCC(Oc1cccc2cc3ccccc3cc12)C(=O)OC. The third kappa shape index (κ3) is 6.72. The normalized spacial score (nSPS) is 12.2. The average Bonchev–Trinajstić information content (AvgIpc) is 2.80. The van der Waals surface area contributed by atoms with E-state index in [4.69, 9.17) is 9.47 Å². The smallest absolute Gasteiger partial charge is 0.347 e. The van der Waals surface area contributed by atoms with E-state index in [2.05, 4.69) is 37.3 Å². The van der Waals surface area contributed by atoms with E-state index in [0.717, 1.165) is 29.4 Å². The monoisotopic (exact) mass is 420 g/mol. The summed E-state index contributed by atoms with van der Waals surface area (Å²) in [6, 6.07) is 18.6. The van der Waals surface area contributed by atoms with Crippen molar-refractivity contribution in [3.63, 3.8) is 0 Å². The van der Waals surface area contributed by atoms with E-state index >= 15 is 0 Å². The summed E-state index contributed by atoms with van der Waals surface area (Å²) in [5.41, 5.74) is 0. The number of ether oxygens (including phenoxy) is 2. The molecule has 0 amide bonds. The Morgan fingerprint density at radius 2 is 1.39 bits per heavy atom. The highest BCUT2D eigenvalue weighted by Crippen LogP contribution is 2.31. The van der Waals surface area contributed by atoms with Crippen molar-refractivity contribution in [2.75, 3.05) is 7.11 Å². The van der Waals surface area contributed by atoms with Gasteiger partial charge in [-0.3, -0.25) is 0 Å². The molecule has 3 aromatic rings. The third-order valence-corrected chi connectivity index (χ3v) is 6.01. The number of carbonyl (C=O) groups is 1. The molecule has 0 saturated heterocycles. The van der Waals surface area contributed by atoms with E-state index in [1.165, 1.54) is 62.8 Å². The van der Waals surface area contributed by atoms with Crippen LogP contribution in [0.15, 0.2) is 54.6 Å². The molecule has 0 aliphatic rings. The minimum Gasteiger partial charge on any atom is -0.478 e. The Bertz CT molecular complexity index is 963. The lowest BCUT2D eigenvalue weighted by Gasteiger charge is -2.18. The highest BCUT2D eigenvalue weighted by atomic mass is 16.6. The maximum Gasteiger partial charge on any atom is 0.347 e. The number of hydrogen-bond donors (Lipinski definition) is 0. The molecule has 31 heavy (non-hydrogen) atoms. The van der Waals surface area contributed by atoms with E-state index in [0.29, 0.717) is 6.42 Å². The van der Waals surface area contributed by atoms with Gasteiger partial charge in [-0.05, 0) is 47.2 Å². The van der Waals surface area contributed by atoms with Gasteiger partial charge in [0.1, 0.15) is 5.75 Å². The molecule has 0 N–H and O–H groups in total. The van der Waals surface area contributed by atoms with E-state index in [-0.39, 0.29) is 5.97 Å². The van der Waals surface area contributed by atoms with Crippen molar-refractivity contribution in [1.82, 2.24) is 0 Å². The number of carbonyl (C=O) groups excluding carboxylic acids is 1. The van der Waals surface area contributed by atoms with Gasteiger partial charge >= 0.3 is 5.97 Å². The standard InChI is InChI=1S/C28H36O3/c1-3-4-5-6-7-8-9-10-11-18-27(28(29)30-2)31-26-19-14-17-24-20-22-15-12-13-16-23(22)21-25(24)26/h12-17,19-21,27H,3-11,18H2,1-2H3. The first-order valence-corrected chi connectivity index (χ1v) is 11.9. The second-order valence-electron chi connectivity index (χ2n) is 8.42. The Labute approximate surface area is 186 Å². The number of hydrogen-bond acceptors (Lipinski definition) is 3. The second-order valence-corrected chi connectivity index (χ2v) is 8.42. The molecule has 3 heteroatoms. The van der Waals surface area contributed by atoms with Gasteiger partial charge in [0.25, 0.3) is 0 Å². The van der Waals surface area contributed by atoms with Crippen LogP contribution in [0.4, 0.5) is 0 Å². The van der Waals surface area contributed by atoms with Gasteiger partial charge in [0.05, 0.1) is 7.11 Å². The van der Waals surface area contributed by atoms with Gasteiger partial charge in [-0.15, -0.1) is 0 Å². The number of rotatable bonds is 13. The average molecular weight is 421 g/mol. The van der Waals surface area contributed by atoms with Crippen molar-refractivity contribution < 1.29 is 14.3 Å². The van der Waals surface area contributed by atoms with Gasteiger partial charge in [-0.25, -0.2) is 4.79 Å². The van der Waals surface area contributed by atoms with E-state index < -0.39 is 6.10 Å². The molecule has 0 heterocycles. The minimum atomic E-state index is -0.563. The van der Waals surface area contributed by atoms with Crippen LogP contribution in [0.2, 0.25) is 0 Å². The van der Waals surface area contributed by atoms with Gasteiger partial charge in [0.15, 0.2) is 6.10 Å². The summed E-state index contributed by atoms with van der Waals surface area (Å²) < 4.78 is 11.3.